The lowest BCUT2D eigenvalue weighted by Gasteiger charge is -2.46. The zero-order valence-corrected chi connectivity index (χ0v) is 15.7. The third-order valence-corrected chi connectivity index (χ3v) is 5.94. The van der Waals surface area contributed by atoms with Crippen molar-refractivity contribution in [2.45, 2.75) is 57.2 Å². The number of benzene rings is 1. The first kappa shape index (κ1) is 17.8. The molecule has 2 saturated heterocycles. The van der Waals surface area contributed by atoms with E-state index < -0.39 is 0 Å². The smallest absolute Gasteiger partial charge is 0.321 e. The van der Waals surface area contributed by atoms with E-state index in [4.69, 9.17) is 9.47 Å². The molecule has 26 heavy (non-hydrogen) atoms. The number of hydrogen-bond acceptors (Lipinski definition) is 3. The maximum atomic E-state index is 12.5. The Balaban J connectivity index is 1.27. The fraction of sp³-hybridized carbons (Fsp3) is 0.667. The van der Waals surface area contributed by atoms with Gasteiger partial charge in [-0.25, -0.2) is 4.79 Å². The van der Waals surface area contributed by atoms with E-state index in [0.717, 1.165) is 69.2 Å². The Kier molecular flexibility index (Phi) is 5.18. The van der Waals surface area contributed by atoms with Crippen LogP contribution in [0.25, 0.3) is 0 Å². The average molecular weight is 358 g/mol. The van der Waals surface area contributed by atoms with Crippen molar-refractivity contribution in [3.8, 4) is 0 Å². The highest BCUT2D eigenvalue weighted by atomic mass is 16.5. The summed E-state index contributed by atoms with van der Waals surface area (Å²) in [6.45, 7) is 5.22. The van der Waals surface area contributed by atoms with Gasteiger partial charge in [-0.05, 0) is 62.6 Å². The Labute approximate surface area is 156 Å². The minimum absolute atomic E-state index is 0.0113. The summed E-state index contributed by atoms with van der Waals surface area (Å²) in [4.78, 5) is 14.5. The first-order valence-corrected chi connectivity index (χ1v) is 10.0. The van der Waals surface area contributed by atoms with Gasteiger partial charge in [0.1, 0.15) is 0 Å². The van der Waals surface area contributed by atoms with Crippen LogP contribution in [0, 0.1) is 12.8 Å². The lowest BCUT2D eigenvalue weighted by atomic mass is 9.83. The van der Waals surface area contributed by atoms with Crippen molar-refractivity contribution >= 4 is 11.7 Å². The number of aryl methyl sites for hydroxylation is 1. The number of likely N-dealkylation sites (tertiary alicyclic amines) is 1. The zero-order valence-electron chi connectivity index (χ0n) is 15.7. The molecular formula is C21H30N2O3. The summed E-state index contributed by atoms with van der Waals surface area (Å²) in [5.74, 6) is 0.806. The number of nitrogens with zero attached hydrogens (tertiary/aromatic N) is 1. The first-order valence-electron chi connectivity index (χ1n) is 10.0. The Morgan fingerprint density at radius 3 is 2.85 bits per heavy atom. The number of urea groups is 1. The maximum Gasteiger partial charge on any atom is 0.321 e. The largest absolute Gasteiger partial charge is 0.378 e. The van der Waals surface area contributed by atoms with E-state index in [0.29, 0.717) is 6.10 Å². The van der Waals surface area contributed by atoms with Crippen LogP contribution in [0.4, 0.5) is 10.5 Å². The van der Waals surface area contributed by atoms with Crippen LogP contribution >= 0.6 is 0 Å². The van der Waals surface area contributed by atoms with Crippen LogP contribution in [0.5, 0.6) is 0 Å². The Morgan fingerprint density at radius 1 is 1.31 bits per heavy atom. The van der Waals surface area contributed by atoms with Crippen LogP contribution in [0.2, 0.25) is 0 Å². The maximum absolute atomic E-state index is 12.5. The summed E-state index contributed by atoms with van der Waals surface area (Å²) in [6.07, 6.45) is 6.78. The Morgan fingerprint density at radius 2 is 2.12 bits per heavy atom. The lowest BCUT2D eigenvalue weighted by molar-refractivity contribution is -0.152. The van der Waals surface area contributed by atoms with Crippen LogP contribution in [0.1, 0.15) is 44.1 Å². The monoisotopic (exact) mass is 358 g/mol. The number of carbonyl (C=O) groups excluding carboxylic acids is 1. The Bertz CT molecular complexity index is 636. The SMILES string of the molecule is Cc1cccc(NC(=O)N2CCC3(CC2)CC(OCC2CC2)CCO3)c1. The summed E-state index contributed by atoms with van der Waals surface area (Å²) < 4.78 is 12.3. The van der Waals surface area contributed by atoms with Gasteiger partial charge in [-0.1, -0.05) is 12.1 Å². The fourth-order valence-corrected chi connectivity index (χ4v) is 4.07. The molecule has 5 nitrogen and oxygen atoms in total. The van der Waals surface area contributed by atoms with Gasteiger partial charge in [0.25, 0.3) is 0 Å². The van der Waals surface area contributed by atoms with E-state index in [1.807, 2.05) is 36.1 Å². The normalized spacial score (nSPS) is 25.3. The molecule has 1 aromatic carbocycles. The number of piperidine rings is 1. The van der Waals surface area contributed by atoms with Gasteiger partial charge in [0.05, 0.1) is 11.7 Å². The molecule has 4 rings (SSSR count). The highest BCUT2D eigenvalue weighted by Crippen LogP contribution is 2.37. The molecule has 0 radical (unpaired) electrons. The predicted octanol–water partition coefficient (Wildman–Crippen LogP) is 3.97. The van der Waals surface area contributed by atoms with E-state index in [2.05, 4.69) is 5.32 Å². The molecule has 5 heteroatoms. The van der Waals surface area contributed by atoms with Crippen molar-refractivity contribution in [1.29, 1.82) is 0 Å². The van der Waals surface area contributed by atoms with Crippen molar-refractivity contribution < 1.29 is 14.3 Å². The molecule has 0 bridgehead atoms. The van der Waals surface area contributed by atoms with E-state index in [-0.39, 0.29) is 11.6 Å². The number of hydrogen-bond donors (Lipinski definition) is 1. The summed E-state index contributed by atoms with van der Waals surface area (Å²) in [7, 11) is 0. The third-order valence-electron chi connectivity index (χ3n) is 5.94. The van der Waals surface area contributed by atoms with E-state index in [9.17, 15) is 4.79 Å². The second-order valence-electron chi connectivity index (χ2n) is 8.21. The summed E-state index contributed by atoms with van der Waals surface area (Å²) in [6, 6.07) is 7.91. The van der Waals surface area contributed by atoms with Crippen molar-refractivity contribution in [3.05, 3.63) is 29.8 Å². The molecule has 1 spiro atoms. The van der Waals surface area contributed by atoms with Crippen molar-refractivity contribution in [1.82, 2.24) is 4.90 Å². The molecule has 1 atom stereocenters. The Hall–Kier alpha value is -1.59. The van der Waals surface area contributed by atoms with E-state index >= 15 is 0 Å². The molecule has 1 aromatic rings. The second-order valence-corrected chi connectivity index (χ2v) is 8.21. The van der Waals surface area contributed by atoms with Gasteiger partial charge in [0.2, 0.25) is 0 Å². The van der Waals surface area contributed by atoms with E-state index in [1.54, 1.807) is 0 Å². The van der Waals surface area contributed by atoms with Crippen LogP contribution in [0.3, 0.4) is 0 Å². The van der Waals surface area contributed by atoms with Crippen molar-refractivity contribution in [3.63, 3.8) is 0 Å². The predicted molar refractivity (Wildman–Crippen MR) is 101 cm³/mol. The van der Waals surface area contributed by atoms with Gasteiger partial charge in [-0.3, -0.25) is 0 Å². The quantitative estimate of drug-likeness (QED) is 0.886. The number of amides is 2. The van der Waals surface area contributed by atoms with Gasteiger partial charge in [-0.15, -0.1) is 0 Å². The van der Waals surface area contributed by atoms with Gasteiger partial charge in [0, 0.05) is 38.4 Å². The standard InChI is InChI=1S/C21H30N2O3/c1-16-3-2-4-18(13-16)22-20(24)23-10-8-21(9-11-23)14-19(7-12-26-21)25-15-17-5-6-17/h2-4,13,17,19H,5-12,14-15H2,1H3,(H,22,24). The van der Waals surface area contributed by atoms with Gasteiger partial charge >= 0.3 is 6.03 Å². The molecule has 2 heterocycles. The number of ether oxygens (including phenoxy) is 2. The topological polar surface area (TPSA) is 50.8 Å². The minimum Gasteiger partial charge on any atom is -0.378 e. The van der Waals surface area contributed by atoms with Crippen molar-refractivity contribution in [2.24, 2.45) is 5.92 Å². The number of anilines is 1. The van der Waals surface area contributed by atoms with E-state index in [1.165, 1.54) is 12.8 Å². The third kappa shape index (κ3) is 4.38. The molecule has 1 aliphatic carbocycles. The molecule has 3 fully saturated rings. The molecule has 3 aliphatic rings. The molecular weight excluding hydrogens is 328 g/mol. The number of rotatable bonds is 4. The molecule has 1 N–H and O–H groups in total. The molecule has 2 amide bonds. The number of nitrogens with one attached hydrogen (secondary N) is 1. The molecule has 1 saturated carbocycles. The highest BCUT2D eigenvalue weighted by Gasteiger charge is 2.41. The van der Waals surface area contributed by atoms with Crippen LogP contribution < -0.4 is 5.32 Å². The first-order chi connectivity index (χ1) is 12.6. The molecule has 142 valence electrons. The second kappa shape index (κ2) is 7.57. The van der Waals surface area contributed by atoms with Crippen LogP contribution in [-0.4, -0.2) is 48.9 Å². The molecule has 2 aliphatic heterocycles. The summed E-state index contributed by atoms with van der Waals surface area (Å²) >= 11 is 0. The van der Waals surface area contributed by atoms with Crippen LogP contribution in [0.15, 0.2) is 24.3 Å². The highest BCUT2D eigenvalue weighted by molar-refractivity contribution is 5.89. The molecule has 0 aromatic heterocycles. The zero-order chi connectivity index (χ0) is 18.0. The van der Waals surface area contributed by atoms with Crippen molar-refractivity contribution in [2.75, 3.05) is 31.6 Å². The summed E-state index contributed by atoms with van der Waals surface area (Å²) in [5, 5.41) is 3.01. The summed E-state index contributed by atoms with van der Waals surface area (Å²) in [5.41, 5.74) is 1.91. The van der Waals surface area contributed by atoms with Gasteiger partial charge < -0.3 is 19.7 Å². The molecule has 1 unspecified atom stereocenters. The van der Waals surface area contributed by atoms with Gasteiger partial charge in [0.15, 0.2) is 0 Å². The fourth-order valence-electron chi connectivity index (χ4n) is 4.07. The number of carbonyl (C=O) groups is 1. The lowest BCUT2D eigenvalue weighted by Crippen LogP contribution is -2.52. The average Bonchev–Trinajstić information content (AvgIpc) is 3.45. The van der Waals surface area contributed by atoms with Crippen LogP contribution in [-0.2, 0) is 9.47 Å². The minimum atomic E-state index is -0.0907. The van der Waals surface area contributed by atoms with Gasteiger partial charge in [-0.2, -0.15) is 0 Å².